The number of fused-ring (bicyclic) bond motifs is 1. The molecule has 3 heteroatoms. The van der Waals surface area contributed by atoms with E-state index < -0.39 is 0 Å². The van der Waals surface area contributed by atoms with Crippen LogP contribution in [0.2, 0.25) is 0 Å². The Labute approximate surface area is 78.5 Å². The van der Waals surface area contributed by atoms with E-state index >= 15 is 0 Å². The first-order valence-electron chi connectivity index (χ1n) is 4.33. The summed E-state index contributed by atoms with van der Waals surface area (Å²) in [7, 11) is 5.54. The van der Waals surface area contributed by atoms with Crippen LogP contribution in [-0.4, -0.2) is 18.8 Å². The lowest BCUT2D eigenvalue weighted by Gasteiger charge is -2.02. The van der Waals surface area contributed by atoms with Crippen molar-refractivity contribution in [2.75, 3.05) is 0 Å². The van der Waals surface area contributed by atoms with Gasteiger partial charge in [0.05, 0.1) is 7.85 Å². The van der Waals surface area contributed by atoms with E-state index in [4.69, 9.17) is 13.6 Å². The molecule has 1 atom stereocenters. The number of hydrogen-bond donors (Lipinski definition) is 2. The third-order valence-electron chi connectivity index (χ3n) is 2.13. The highest BCUT2D eigenvalue weighted by Gasteiger charge is 2.03. The third kappa shape index (κ3) is 1.60. The molecular formula is C10H11BN2. The molecule has 0 aliphatic rings. The minimum atomic E-state index is -0.279. The van der Waals surface area contributed by atoms with E-state index in [1.54, 1.807) is 0 Å². The Kier molecular flexibility index (Phi) is 2.11. The molecule has 1 heterocycles. The summed E-state index contributed by atoms with van der Waals surface area (Å²) in [5, 5.41) is 1.21. The van der Waals surface area contributed by atoms with E-state index in [-0.39, 0.29) is 5.94 Å². The zero-order chi connectivity index (χ0) is 9.26. The number of hydrogen-bond acceptors (Lipinski definition) is 1. The second-order valence-electron chi connectivity index (χ2n) is 3.23. The van der Waals surface area contributed by atoms with E-state index in [0.29, 0.717) is 6.42 Å². The van der Waals surface area contributed by atoms with Crippen LogP contribution in [0.4, 0.5) is 0 Å². The summed E-state index contributed by atoms with van der Waals surface area (Å²) in [6, 6.07) is 8.14. The molecule has 0 aliphatic carbocycles. The van der Waals surface area contributed by atoms with Crippen molar-refractivity contribution in [3.63, 3.8) is 0 Å². The molecule has 1 aromatic carbocycles. The molecule has 2 radical (unpaired) electrons. The lowest BCUT2D eigenvalue weighted by Crippen LogP contribution is -2.22. The highest BCUT2D eigenvalue weighted by molar-refractivity contribution is 6.11. The second kappa shape index (κ2) is 3.26. The van der Waals surface area contributed by atoms with E-state index in [1.807, 2.05) is 24.4 Å². The van der Waals surface area contributed by atoms with Gasteiger partial charge < -0.3 is 10.7 Å². The Balaban J connectivity index is 2.46. The van der Waals surface area contributed by atoms with Gasteiger partial charge in [-0.3, -0.25) is 0 Å². The Morgan fingerprint density at radius 2 is 2.15 bits per heavy atom. The average molecular weight is 170 g/mol. The quantitative estimate of drug-likeness (QED) is 0.652. The maximum Gasteiger partial charge on any atom is 0.0907 e. The first-order valence-corrected chi connectivity index (χ1v) is 4.33. The lowest BCUT2D eigenvalue weighted by molar-refractivity contribution is 0.894. The summed E-state index contributed by atoms with van der Waals surface area (Å²) < 4.78 is 0. The van der Waals surface area contributed by atoms with Crippen molar-refractivity contribution in [3.8, 4) is 0 Å². The summed E-state index contributed by atoms with van der Waals surface area (Å²) in [4.78, 5) is 3.18. The molecule has 1 aromatic heterocycles. The van der Waals surface area contributed by atoms with Crippen LogP contribution in [-0.2, 0) is 6.42 Å². The number of aromatic nitrogens is 1. The van der Waals surface area contributed by atoms with E-state index in [9.17, 15) is 0 Å². The predicted molar refractivity (Wildman–Crippen MR) is 55.7 cm³/mol. The van der Waals surface area contributed by atoms with Gasteiger partial charge in [0.1, 0.15) is 0 Å². The van der Waals surface area contributed by atoms with Crippen LogP contribution in [0.1, 0.15) is 5.56 Å². The topological polar surface area (TPSA) is 41.8 Å². The molecule has 1 unspecified atom stereocenters. The Bertz CT molecular complexity index is 406. The van der Waals surface area contributed by atoms with Crippen molar-refractivity contribution in [1.29, 1.82) is 0 Å². The third-order valence-corrected chi connectivity index (χ3v) is 2.13. The molecule has 13 heavy (non-hydrogen) atoms. The smallest absolute Gasteiger partial charge is 0.0907 e. The first-order chi connectivity index (χ1) is 6.27. The van der Waals surface area contributed by atoms with Crippen LogP contribution < -0.4 is 5.73 Å². The fraction of sp³-hybridized carbons (Fsp3) is 0.200. The van der Waals surface area contributed by atoms with Crippen LogP contribution in [0, 0.1) is 0 Å². The van der Waals surface area contributed by atoms with Crippen molar-refractivity contribution < 1.29 is 0 Å². The Morgan fingerprint density at radius 3 is 2.92 bits per heavy atom. The first kappa shape index (κ1) is 8.39. The molecule has 0 saturated heterocycles. The summed E-state index contributed by atoms with van der Waals surface area (Å²) in [6.07, 6.45) is 2.68. The number of aromatic amines is 1. The highest BCUT2D eigenvalue weighted by Crippen LogP contribution is 2.18. The second-order valence-corrected chi connectivity index (χ2v) is 3.23. The monoisotopic (exact) mass is 170 g/mol. The summed E-state index contributed by atoms with van der Waals surface area (Å²) in [6.45, 7) is 0. The van der Waals surface area contributed by atoms with Gasteiger partial charge in [-0.25, -0.2) is 0 Å². The standard InChI is InChI=1S/C10H11BN2/c11-10(12)5-7-6-13-9-4-2-1-3-8(7)9/h1-4,6,10,13H,5,12H2. The highest BCUT2D eigenvalue weighted by atomic mass is 14.7. The molecular weight excluding hydrogens is 159 g/mol. The van der Waals surface area contributed by atoms with Crippen LogP contribution >= 0.6 is 0 Å². The molecule has 64 valence electrons. The van der Waals surface area contributed by atoms with Gasteiger partial charge in [-0.15, -0.1) is 0 Å². The van der Waals surface area contributed by atoms with E-state index in [0.717, 1.165) is 5.52 Å². The van der Waals surface area contributed by atoms with Gasteiger partial charge in [-0.2, -0.15) is 0 Å². The zero-order valence-corrected chi connectivity index (χ0v) is 7.33. The molecule has 0 amide bonds. The van der Waals surface area contributed by atoms with Crippen molar-refractivity contribution >= 4 is 18.7 Å². The van der Waals surface area contributed by atoms with E-state index in [1.165, 1.54) is 10.9 Å². The van der Waals surface area contributed by atoms with E-state index in [2.05, 4.69) is 11.1 Å². The SMILES string of the molecule is [B]C(N)Cc1c[nH]c2ccccc12. The molecule has 0 saturated carbocycles. The molecule has 0 fully saturated rings. The normalized spacial score (nSPS) is 13.3. The summed E-state index contributed by atoms with van der Waals surface area (Å²) in [5.74, 6) is -0.279. The van der Waals surface area contributed by atoms with Gasteiger partial charge in [0.15, 0.2) is 0 Å². The van der Waals surface area contributed by atoms with Crippen molar-refractivity contribution in [3.05, 3.63) is 36.0 Å². The fourth-order valence-electron chi connectivity index (χ4n) is 1.55. The summed E-state index contributed by atoms with van der Waals surface area (Å²) in [5.41, 5.74) is 7.86. The molecule has 0 aliphatic heterocycles. The number of nitrogens with two attached hydrogens (primary N) is 1. The van der Waals surface area contributed by atoms with Crippen molar-refractivity contribution in [1.82, 2.24) is 4.98 Å². The minimum Gasteiger partial charge on any atom is -0.361 e. The lowest BCUT2D eigenvalue weighted by atomic mass is 9.91. The molecule has 3 N–H and O–H groups in total. The number of para-hydroxylation sites is 1. The molecule has 0 spiro atoms. The number of benzene rings is 1. The molecule has 2 nitrogen and oxygen atoms in total. The van der Waals surface area contributed by atoms with Gasteiger partial charge in [0.25, 0.3) is 0 Å². The maximum absolute atomic E-state index is 5.54. The van der Waals surface area contributed by atoms with Crippen molar-refractivity contribution in [2.45, 2.75) is 12.4 Å². The zero-order valence-electron chi connectivity index (χ0n) is 7.33. The number of nitrogens with one attached hydrogen (secondary N) is 1. The minimum absolute atomic E-state index is 0.279. The molecule has 2 rings (SSSR count). The van der Waals surface area contributed by atoms with Gasteiger partial charge >= 0.3 is 0 Å². The van der Waals surface area contributed by atoms with Crippen LogP contribution in [0.15, 0.2) is 30.5 Å². The largest absolute Gasteiger partial charge is 0.361 e. The van der Waals surface area contributed by atoms with Gasteiger partial charge in [-0.1, -0.05) is 18.2 Å². The number of H-pyrrole nitrogens is 1. The predicted octanol–water partition coefficient (Wildman–Crippen LogP) is 1.16. The number of rotatable bonds is 2. The summed E-state index contributed by atoms with van der Waals surface area (Å²) >= 11 is 0. The van der Waals surface area contributed by atoms with Crippen molar-refractivity contribution in [2.24, 2.45) is 5.73 Å². The molecule has 2 aromatic rings. The average Bonchev–Trinajstić information content (AvgIpc) is 2.48. The fourth-order valence-corrected chi connectivity index (χ4v) is 1.55. The Morgan fingerprint density at radius 1 is 1.38 bits per heavy atom. The maximum atomic E-state index is 5.54. The van der Waals surface area contributed by atoms with Crippen LogP contribution in [0.25, 0.3) is 10.9 Å². The van der Waals surface area contributed by atoms with Gasteiger partial charge in [-0.05, 0) is 24.0 Å². The van der Waals surface area contributed by atoms with Gasteiger partial charge in [0.2, 0.25) is 0 Å². The Hall–Kier alpha value is -1.22. The molecule has 0 bridgehead atoms. The van der Waals surface area contributed by atoms with Crippen LogP contribution in [0.5, 0.6) is 0 Å². The van der Waals surface area contributed by atoms with Crippen LogP contribution in [0.3, 0.4) is 0 Å². The van der Waals surface area contributed by atoms with Gasteiger partial charge in [0, 0.05) is 17.1 Å².